The molecule has 21 heavy (non-hydrogen) atoms. The lowest BCUT2D eigenvalue weighted by molar-refractivity contribution is -0.0328. The van der Waals surface area contributed by atoms with E-state index in [1.54, 1.807) is 6.08 Å². The van der Waals surface area contributed by atoms with Gasteiger partial charge in [-0.3, -0.25) is 4.79 Å². The summed E-state index contributed by atoms with van der Waals surface area (Å²) in [6.07, 6.45) is 3.07. The maximum absolute atomic E-state index is 12.2. The lowest BCUT2D eigenvalue weighted by Crippen LogP contribution is -1.99. The maximum atomic E-state index is 12.2. The van der Waals surface area contributed by atoms with E-state index in [0.717, 1.165) is 5.56 Å². The summed E-state index contributed by atoms with van der Waals surface area (Å²) >= 11 is -0.198. The smallest absolute Gasteiger partial charge is 0.289 e. The van der Waals surface area contributed by atoms with E-state index in [2.05, 4.69) is 0 Å². The average molecular weight is 308 g/mol. The molecule has 0 aromatic heterocycles. The molecule has 0 heterocycles. The van der Waals surface area contributed by atoms with E-state index in [1.165, 1.54) is 30.3 Å². The van der Waals surface area contributed by atoms with Crippen LogP contribution in [0.15, 0.2) is 65.6 Å². The zero-order valence-electron chi connectivity index (χ0n) is 10.8. The van der Waals surface area contributed by atoms with Gasteiger partial charge in [-0.15, -0.1) is 0 Å². The molecule has 2 rings (SSSR count). The summed E-state index contributed by atoms with van der Waals surface area (Å²) in [5.41, 5.74) is -3.08. The second-order valence-electron chi connectivity index (χ2n) is 4.18. The lowest BCUT2D eigenvalue weighted by Gasteiger charge is -2.05. The molecule has 0 aliphatic rings. The Kier molecular flexibility index (Phi) is 4.85. The van der Waals surface area contributed by atoms with Crippen molar-refractivity contribution >= 4 is 23.6 Å². The van der Waals surface area contributed by atoms with Crippen LogP contribution in [0.5, 0.6) is 0 Å². The minimum atomic E-state index is -4.32. The van der Waals surface area contributed by atoms with E-state index >= 15 is 0 Å². The molecule has 0 N–H and O–H groups in total. The summed E-state index contributed by atoms with van der Waals surface area (Å²) in [5.74, 6) is -0.248. The zero-order valence-corrected chi connectivity index (χ0v) is 11.6. The second kappa shape index (κ2) is 6.63. The first-order valence-corrected chi connectivity index (χ1v) is 6.89. The standard InChI is InChI=1S/C16H11F3OS/c17-16(18,19)21-14-9-7-13(8-10-14)15(20)11-6-12-4-2-1-3-5-12/h1-11H/b11-6+. The van der Waals surface area contributed by atoms with Crippen molar-refractivity contribution in [2.24, 2.45) is 0 Å². The Morgan fingerprint density at radius 1 is 0.952 bits per heavy atom. The predicted molar refractivity (Wildman–Crippen MR) is 78.2 cm³/mol. The number of rotatable bonds is 4. The molecular formula is C16H11F3OS. The fraction of sp³-hybridized carbons (Fsp3) is 0.0625. The van der Waals surface area contributed by atoms with Crippen LogP contribution in [0.4, 0.5) is 13.2 Å². The minimum Gasteiger partial charge on any atom is -0.289 e. The zero-order chi connectivity index (χ0) is 15.3. The van der Waals surface area contributed by atoms with E-state index < -0.39 is 5.51 Å². The Labute approximate surface area is 124 Å². The van der Waals surface area contributed by atoms with Gasteiger partial charge in [-0.25, -0.2) is 0 Å². The number of carbonyl (C=O) groups is 1. The van der Waals surface area contributed by atoms with E-state index in [4.69, 9.17) is 0 Å². The van der Waals surface area contributed by atoms with Crippen molar-refractivity contribution in [3.63, 3.8) is 0 Å². The highest BCUT2D eigenvalue weighted by Gasteiger charge is 2.29. The van der Waals surface area contributed by atoms with Crippen LogP contribution in [-0.4, -0.2) is 11.3 Å². The molecule has 2 aromatic rings. The van der Waals surface area contributed by atoms with Gasteiger partial charge in [0.15, 0.2) is 5.78 Å². The van der Waals surface area contributed by atoms with Gasteiger partial charge in [0.25, 0.3) is 0 Å². The molecule has 0 radical (unpaired) electrons. The van der Waals surface area contributed by atoms with Crippen LogP contribution >= 0.6 is 11.8 Å². The highest BCUT2D eigenvalue weighted by molar-refractivity contribution is 8.00. The molecular weight excluding hydrogens is 297 g/mol. The molecule has 0 unspecified atom stereocenters. The van der Waals surface area contributed by atoms with Crippen LogP contribution in [0.3, 0.4) is 0 Å². The molecule has 0 saturated heterocycles. The van der Waals surface area contributed by atoms with Crippen molar-refractivity contribution in [3.8, 4) is 0 Å². The number of benzene rings is 2. The van der Waals surface area contributed by atoms with E-state index in [9.17, 15) is 18.0 Å². The number of carbonyl (C=O) groups excluding carboxylic acids is 1. The van der Waals surface area contributed by atoms with Crippen LogP contribution in [0.2, 0.25) is 0 Å². The average Bonchev–Trinajstić information content (AvgIpc) is 2.45. The Morgan fingerprint density at radius 3 is 2.14 bits per heavy atom. The normalized spacial score (nSPS) is 11.8. The predicted octanol–water partition coefficient (Wildman–Crippen LogP) is 5.19. The molecule has 5 heteroatoms. The van der Waals surface area contributed by atoms with Gasteiger partial charge in [-0.2, -0.15) is 13.2 Å². The van der Waals surface area contributed by atoms with Crippen LogP contribution in [-0.2, 0) is 0 Å². The number of hydrogen-bond donors (Lipinski definition) is 0. The molecule has 0 spiro atoms. The number of allylic oxidation sites excluding steroid dienone is 1. The highest BCUT2D eigenvalue weighted by Crippen LogP contribution is 2.36. The molecule has 2 aromatic carbocycles. The Bertz CT molecular complexity index is 631. The van der Waals surface area contributed by atoms with Gasteiger partial charge >= 0.3 is 5.51 Å². The third-order valence-corrected chi connectivity index (χ3v) is 3.34. The molecule has 0 aliphatic carbocycles. The number of thioether (sulfide) groups is 1. The number of alkyl halides is 3. The van der Waals surface area contributed by atoms with Crippen molar-refractivity contribution in [1.82, 2.24) is 0 Å². The van der Waals surface area contributed by atoms with E-state index in [-0.39, 0.29) is 22.4 Å². The van der Waals surface area contributed by atoms with Crippen LogP contribution in [0.1, 0.15) is 15.9 Å². The molecule has 108 valence electrons. The van der Waals surface area contributed by atoms with Gasteiger partial charge in [0.2, 0.25) is 0 Å². The topological polar surface area (TPSA) is 17.1 Å². The van der Waals surface area contributed by atoms with Crippen LogP contribution in [0, 0.1) is 0 Å². The Balaban J connectivity index is 2.05. The van der Waals surface area contributed by atoms with Gasteiger partial charge < -0.3 is 0 Å². The van der Waals surface area contributed by atoms with Crippen molar-refractivity contribution < 1.29 is 18.0 Å². The number of halogens is 3. The third-order valence-electron chi connectivity index (χ3n) is 2.60. The molecule has 1 nitrogen and oxygen atoms in total. The minimum absolute atomic E-state index is 0.0612. The van der Waals surface area contributed by atoms with E-state index in [1.807, 2.05) is 30.3 Å². The second-order valence-corrected chi connectivity index (χ2v) is 5.32. The first kappa shape index (κ1) is 15.4. The summed E-state index contributed by atoms with van der Waals surface area (Å²) in [6, 6.07) is 14.7. The third kappa shape index (κ3) is 5.11. The Hall–Kier alpha value is -2.01. The van der Waals surface area contributed by atoms with Crippen LogP contribution in [0.25, 0.3) is 6.08 Å². The molecule has 0 fully saturated rings. The largest absolute Gasteiger partial charge is 0.446 e. The fourth-order valence-electron chi connectivity index (χ4n) is 1.65. The SMILES string of the molecule is O=C(/C=C/c1ccccc1)c1ccc(SC(F)(F)F)cc1. The molecule has 0 amide bonds. The van der Waals surface area contributed by atoms with Crippen molar-refractivity contribution in [2.75, 3.05) is 0 Å². The summed E-state index contributed by atoms with van der Waals surface area (Å²) in [5, 5.41) is 0. The summed E-state index contributed by atoms with van der Waals surface area (Å²) in [4.78, 5) is 12.0. The summed E-state index contributed by atoms with van der Waals surface area (Å²) in [7, 11) is 0. The maximum Gasteiger partial charge on any atom is 0.446 e. The Morgan fingerprint density at radius 2 is 1.57 bits per heavy atom. The van der Waals surface area contributed by atoms with E-state index in [0.29, 0.717) is 5.56 Å². The van der Waals surface area contributed by atoms with Gasteiger partial charge in [-0.1, -0.05) is 36.4 Å². The summed E-state index contributed by atoms with van der Waals surface area (Å²) in [6.45, 7) is 0. The van der Waals surface area contributed by atoms with Crippen molar-refractivity contribution in [3.05, 3.63) is 71.8 Å². The monoisotopic (exact) mass is 308 g/mol. The van der Waals surface area contributed by atoms with Gasteiger partial charge in [0.1, 0.15) is 0 Å². The summed E-state index contributed by atoms with van der Waals surface area (Å²) < 4.78 is 36.6. The highest BCUT2D eigenvalue weighted by atomic mass is 32.2. The molecule has 0 aliphatic heterocycles. The lowest BCUT2D eigenvalue weighted by atomic mass is 10.1. The van der Waals surface area contributed by atoms with Crippen molar-refractivity contribution in [1.29, 1.82) is 0 Å². The number of ketones is 1. The van der Waals surface area contributed by atoms with Crippen LogP contribution < -0.4 is 0 Å². The molecule has 0 atom stereocenters. The molecule has 0 saturated carbocycles. The fourth-order valence-corrected chi connectivity index (χ4v) is 2.19. The quantitative estimate of drug-likeness (QED) is 0.439. The molecule has 0 bridgehead atoms. The first-order valence-electron chi connectivity index (χ1n) is 6.07. The van der Waals surface area contributed by atoms with Crippen molar-refractivity contribution in [2.45, 2.75) is 10.4 Å². The first-order chi connectivity index (χ1) is 9.94. The number of hydrogen-bond acceptors (Lipinski definition) is 2. The van der Waals surface area contributed by atoms with Gasteiger partial charge in [0.05, 0.1) is 0 Å². The van der Waals surface area contributed by atoms with Gasteiger partial charge in [0, 0.05) is 10.5 Å². The van der Waals surface area contributed by atoms with Gasteiger partial charge in [-0.05, 0) is 47.7 Å².